The molecule has 1 amide bonds. The van der Waals surface area contributed by atoms with E-state index in [9.17, 15) is 14.7 Å². The highest BCUT2D eigenvalue weighted by molar-refractivity contribution is 6.25. The predicted molar refractivity (Wildman–Crippen MR) is 91.3 cm³/mol. The van der Waals surface area contributed by atoms with Crippen molar-refractivity contribution < 1.29 is 14.7 Å². The molecule has 2 aromatic rings. The van der Waals surface area contributed by atoms with Crippen LogP contribution in [0.2, 0.25) is 0 Å². The topological polar surface area (TPSA) is 66.4 Å². The number of carbonyl (C=O) groups is 2. The van der Waals surface area contributed by atoms with Gasteiger partial charge in [-0.25, -0.2) is 0 Å². The first-order chi connectivity index (χ1) is 10.9. The van der Waals surface area contributed by atoms with Crippen LogP contribution in [0.4, 0.5) is 5.69 Å². The van der Waals surface area contributed by atoms with Crippen molar-refractivity contribution in [2.75, 3.05) is 5.32 Å². The summed E-state index contributed by atoms with van der Waals surface area (Å²) in [6.07, 6.45) is 1.51. The summed E-state index contributed by atoms with van der Waals surface area (Å²) in [5, 5.41) is 12.1. The summed E-state index contributed by atoms with van der Waals surface area (Å²) in [5.41, 5.74) is 3.45. The number of rotatable bonds is 4. The van der Waals surface area contributed by atoms with Crippen LogP contribution in [0.3, 0.4) is 0 Å². The van der Waals surface area contributed by atoms with E-state index in [1.54, 1.807) is 12.1 Å². The lowest BCUT2D eigenvalue weighted by atomic mass is 10.1. The van der Waals surface area contributed by atoms with Crippen LogP contribution < -0.4 is 5.32 Å². The lowest BCUT2D eigenvalue weighted by Gasteiger charge is -2.10. The number of aromatic hydroxyl groups is 1. The Balaban J connectivity index is 2.28. The number of Topliss-reactive ketones (excluding diaryl/α,β-unsaturated/α-hetero) is 1. The maximum atomic E-state index is 12.4. The van der Waals surface area contributed by atoms with Crippen LogP contribution in [0.5, 0.6) is 5.75 Å². The number of ketones is 1. The number of phenols is 1. The fraction of sp³-hybridized carbons (Fsp3) is 0.158. The standard InChI is InChI=1S/C19H19NO3/c1-12-4-9-18(13(2)10-12)20-19(23)17(14(3)21)11-15-5-7-16(22)8-6-15/h4-11,22H,1-3H3,(H,20,23). The highest BCUT2D eigenvalue weighted by atomic mass is 16.3. The molecular formula is C19H19NO3. The van der Waals surface area contributed by atoms with E-state index in [-0.39, 0.29) is 17.1 Å². The first-order valence-corrected chi connectivity index (χ1v) is 7.27. The number of hydrogen-bond acceptors (Lipinski definition) is 3. The van der Waals surface area contributed by atoms with E-state index in [1.165, 1.54) is 25.1 Å². The summed E-state index contributed by atoms with van der Waals surface area (Å²) in [6, 6.07) is 12.0. The largest absolute Gasteiger partial charge is 0.508 e. The van der Waals surface area contributed by atoms with Crippen LogP contribution in [0, 0.1) is 13.8 Å². The minimum absolute atomic E-state index is 0.0654. The second kappa shape index (κ2) is 6.92. The molecule has 0 fully saturated rings. The molecule has 2 rings (SSSR count). The highest BCUT2D eigenvalue weighted by Crippen LogP contribution is 2.18. The second-order valence-corrected chi connectivity index (χ2v) is 5.48. The number of aryl methyl sites for hydroxylation is 2. The van der Waals surface area contributed by atoms with Gasteiger partial charge in [-0.3, -0.25) is 9.59 Å². The minimum Gasteiger partial charge on any atom is -0.508 e. The number of phenolic OH excluding ortho intramolecular Hbond substituents is 1. The van der Waals surface area contributed by atoms with E-state index in [2.05, 4.69) is 5.32 Å². The molecule has 2 aromatic carbocycles. The Morgan fingerprint density at radius 2 is 1.70 bits per heavy atom. The van der Waals surface area contributed by atoms with Gasteiger partial charge in [0.25, 0.3) is 5.91 Å². The zero-order valence-corrected chi connectivity index (χ0v) is 13.4. The van der Waals surface area contributed by atoms with Crippen LogP contribution in [-0.2, 0) is 9.59 Å². The summed E-state index contributed by atoms with van der Waals surface area (Å²) in [7, 11) is 0. The van der Waals surface area contributed by atoms with Crippen molar-refractivity contribution in [2.24, 2.45) is 0 Å². The first kappa shape index (κ1) is 16.5. The van der Waals surface area contributed by atoms with Gasteiger partial charge in [-0.15, -0.1) is 0 Å². The van der Waals surface area contributed by atoms with Crippen LogP contribution in [0.15, 0.2) is 48.0 Å². The molecule has 4 nitrogen and oxygen atoms in total. The molecule has 0 aliphatic carbocycles. The Morgan fingerprint density at radius 1 is 1.04 bits per heavy atom. The summed E-state index contributed by atoms with van der Waals surface area (Å²) in [5.74, 6) is -0.635. The maximum absolute atomic E-state index is 12.4. The lowest BCUT2D eigenvalue weighted by Crippen LogP contribution is -2.19. The van der Waals surface area contributed by atoms with Crippen molar-refractivity contribution in [3.63, 3.8) is 0 Å². The fourth-order valence-electron chi connectivity index (χ4n) is 2.21. The van der Waals surface area contributed by atoms with Crippen molar-refractivity contribution in [1.29, 1.82) is 0 Å². The van der Waals surface area contributed by atoms with Gasteiger partial charge in [0.05, 0.1) is 5.57 Å². The number of amides is 1. The maximum Gasteiger partial charge on any atom is 0.259 e. The molecule has 118 valence electrons. The molecule has 0 aliphatic rings. The van der Waals surface area contributed by atoms with Crippen LogP contribution in [-0.4, -0.2) is 16.8 Å². The van der Waals surface area contributed by atoms with E-state index in [4.69, 9.17) is 0 Å². The smallest absolute Gasteiger partial charge is 0.259 e. The van der Waals surface area contributed by atoms with Gasteiger partial charge in [0, 0.05) is 5.69 Å². The molecule has 23 heavy (non-hydrogen) atoms. The molecule has 0 atom stereocenters. The Hall–Kier alpha value is -2.88. The zero-order valence-electron chi connectivity index (χ0n) is 13.4. The van der Waals surface area contributed by atoms with E-state index < -0.39 is 5.91 Å². The molecule has 0 bridgehead atoms. The molecule has 0 aromatic heterocycles. The molecule has 0 unspecified atom stereocenters. The van der Waals surface area contributed by atoms with Crippen molar-refractivity contribution in [3.8, 4) is 5.75 Å². The SMILES string of the molecule is CC(=O)C(=Cc1ccc(O)cc1)C(=O)Nc1ccc(C)cc1C. The van der Waals surface area contributed by atoms with Gasteiger partial charge < -0.3 is 10.4 Å². The third-order valence-electron chi connectivity index (χ3n) is 3.46. The Morgan fingerprint density at radius 3 is 2.26 bits per heavy atom. The fourth-order valence-corrected chi connectivity index (χ4v) is 2.21. The Kier molecular flexibility index (Phi) is 4.96. The average molecular weight is 309 g/mol. The zero-order chi connectivity index (χ0) is 17.0. The number of carbonyl (C=O) groups excluding carboxylic acids is 2. The molecule has 0 saturated carbocycles. The molecule has 0 spiro atoms. The van der Waals surface area contributed by atoms with E-state index >= 15 is 0 Å². The number of benzene rings is 2. The lowest BCUT2D eigenvalue weighted by molar-refractivity contribution is -0.118. The van der Waals surface area contributed by atoms with Gasteiger partial charge in [0.15, 0.2) is 5.78 Å². The monoisotopic (exact) mass is 309 g/mol. The van der Waals surface area contributed by atoms with E-state index in [1.807, 2.05) is 32.0 Å². The minimum atomic E-state index is -0.447. The summed E-state index contributed by atoms with van der Waals surface area (Å²) in [6.45, 7) is 5.23. The van der Waals surface area contributed by atoms with Gasteiger partial charge in [-0.2, -0.15) is 0 Å². The third-order valence-corrected chi connectivity index (χ3v) is 3.46. The normalized spacial score (nSPS) is 11.2. The Bertz CT molecular complexity index is 774. The van der Waals surface area contributed by atoms with Crippen molar-refractivity contribution in [3.05, 3.63) is 64.7 Å². The van der Waals surface area contributed by atoms with Gasteiger partial charge in [-0.1, -0.05) is 29.8 Å². The summed E-state index contributed by atoms with van der Waals surface area (Å²) in [4.78, 5) is 24.2. The van der Waals surface area contributed by atoms with Crippen molar-refractivity contribution in [1.82, 2.24) is 0 Å². The molecular weight excluding hydrogens is 290 g/mol. The molecule has 4 heteroatoms. The van der Waals surface area contributed by atoms with Gasteiger partial charge in [-0.05, 0) is 56.2 Å². The Labute approximate surface area is 135 Å². The molecule has 0 heterocycles. The second-order valence-electron chi connectivity index (χ2n) is 5.48. The molecule has 2 N–H and O–H groups in total. The van der Waals surface area contributed by atoms with Crippen molar-refractivity contribution >= 4 is 23.5 Å². The summed E-state index contributed by atoms with van der Waals surface area (Å²) >= 11 is 0. The van der Waals surface area contributed by atoms with Crippen LogP contribution in [0.25, 0.3) is 6.08 Å². The first-order valence-electron chi connectivity index (χ1n) is 7.27. The third kappa shape index (κ3) is 4.30. The predicted octanol–water partition coefficient (Wildman–Crippen LogP) is 3.62. The molecule has 0 saturated heterocycles. The van der Waals surface area contributed by atoms with Gasteiger partial charge in [0.2, 0.25) is 0 Å². The molecule has 0 aliphatic heterocycles. The highest BCUT2D eigenvalue weighted by Gasteiger charge is 2.15. The number of hydrogen-bond donors (Lipinski definition) is 2. The number of nitrogens with one attached hydrogen (secondary N) is 1. The van der Waals surface area contributed by atoms with E-state index in [0.717, 1.165) is 11.1 Å². The van der Waals surface area contributed by atoms with Gasteiger partial charge in [0.1, 0.15) is 5.75 Å². The quantitative estimate of drug-likeness (QED) is 0.515. The van der Waals surface area contributed by atoms with E-state index in [0.29, 0.717) is 11.3 Å². The van der Waals surface area contributed by atoms with Crippen molar-refractivity contribution in [2.45, 2.75) is 20.8 Å². The number of anilines is 1. The average Bonchev–Trinajstić information content (AvgIpc) is 2.49. The van der Waals surface area contributed by atoms with Gasteiger partial charge >= 0.3 is 0 Å². The summed E-state index contributed by atoms with van der Waals surface area (Å²) < 4.78 is 0. The van der Waals surface area contributed by atoms with Crippen LogP contribution in [0.1, 0.15) is 23.6 Å². The molecule has 0 radical (unpaired) electrons. The van der Waals surface area contributed by atoms with Crippen LogP contribution >= 0.6 is 0 Å².